The maximum Gasteiger partial charge on any atom is 0.203 e. The van der Waals surface area contributed by atoms with Crippen molar-refractivity contribution in [3.63, 3.8) is 0 Å². The molecule has 0 bridgehead atoms. The van der Waals surface area contributed by atoms with E-state index in [1.165, 1.54) is 5.57 Å². The van der Waals surface area contributed by atoms with Crippen LogP contribution in [0.2, 0.25) is 5.02 Å². The number of benzene rings is 1. The van der Waals surface area contributed by atoms with Crippen LogP contribution in [0.3, 0.4) is 0 Å². The fourth-order valence-electron chi connectivity index (χ4n) is 3.49. The van der Waals surface area contributed by atoms with E-state index < -0.39 is 0 Å². The number of halogens is 1. The summed E-state index contributed by atoms with van der Waals surface area (Å²) in [5.41, 5.74) is 3.91. The van der Waals surface area contributed by atoms with E-state index in [-0.39, 0.29) is 0 Å². The zero-order valence-electron chi connectivity index (χ0n) is 13.9. The van der Waals surface area contributed by atoms with E-state index in [0.717, 1.165) is 50.2 Å². The summed E-state index contributed by atoms with van der Waals surface area (Å²) in [7, 11) is 0. The van der Waals surface area contributed by atoms with Crippen LogP contribution < -0.4 is 0 Å². The number of fused-ring (bicyclic) bond motifs is 1. The second-order valence-corrected chi connectivity index (χ2v) is 6.83. The summed E-state index contributed by atoms with van der Waals surface area (Å²) < 4.78 is 1.59. The minimum Gasteiger partial charge on any atom is -0.293 e. The third kappa shape index (κ3) is 3.17. The molecule has 2 aromatic rings. The monoisotopic (exact) mass is 354 g/mol. The van der Waals surface area contributed by atoms with Gasteiger partial charge in [-0.3, -0.25) is 4.90 Å². The Balaban J connectivity index is 1.63. The summed E-state index contributed by atoms with van der Waals surface area (Å²) in [5.74, 6) is 0.375. The molecule has 0 unspecified atom stereocenters. The van der Waals surface area contributed by atoms with E-state index in [9.17, 15) is 4.91 Å². The predicted molar refractivity (Wildman–Crippen MR) is 99.5 cm³/mol. The third-order valence-electron chi connectivity index (χ3n) is 4.74. The van der Waals surface area contributed by atoms with Crippen LogP contribution in [-0.4, -0.2) is 27.8 Å². The molecule has 0 atom stereocenters. The zero-order chi connectivity index (χ0) is 17.2. The molecule has 2 heterocycles. The van der Waals surface area contributed by atoms with Gasteiger partial charge in [0.05, 0.1) is 16.4 Å². The molecule has 0 saturated carbocycles. The molecule has 128 valence electrons. The Kier molecular flexibility index (Phi) is 4.51. The van der Waals surface area contributed by atoms with Crippen LogP contribution in [0.15, 0.2) is 53.2 Å². The van der Waals surface area contributed by atoms with Crippen molar-refractivity contribution in [1.82, 2.24) is 14.7 Å². The van der Waals surface area contributed by atoms with Crippen LogP contribution in [0.25, 0.3) is 5.69 Å². The molecule has 1 aromatic carbocycles. The molecule has 1 aliphatic heterocycles. The van der Waals surface area contributed by atoms with E-state index in [4.69, 9.17) is 11.6 Å². The van der Waals surface area contributed by atoms with Crippen LogP contribution in [0.1, 0.15) is 24.1 Å². The Morgan fingerprint density at radius 2 is 2.12 bits per heavy atom. The van der Waals surface area contributed by atoms with Gasteiger partial charge < -0.3 is 0 Å². The van der Waals surface area contributed by atoms with E-state index in [1.807, 2.05) is 18.2 Å². The maximum absolute atomic E-state index is 11.5. The second-order valence-electron chi connectivity index (χ2n) is 6.42. The molecule has 4 rings (SSSR count). The van der Waals surface area contributed by atoms with Gasteiger partial charge in [0.25, 0.3) is 0 Å². The van der Waals surface area contributed by atoms with Crippen LogP contribution in [0.4, 0.5) is 5.82 Å². The molecule has 0 radical (unpaired) electrons. The highest BCUT2D eigenvalue weighted by Gasteiger charge is 2.26. The molecule has 0 saturated heterocycles. The Bertz CT molecular complexity index is 868. The van der Waals surface area contributed by atoms with Gasteiger partial charge in [-0.1, -0.05) is 42.0 Å². The topological polar surface area (TPSA) is 50.5 Å². The lowest BCUT2D eigenvalue weighted by Crippen LogP contribution is -2.32. The summed E-state index contributed by atoms with van der Waals surface area (Å²) >= 11 is 6.28. The number of rotatable bonds is 4. The molecule has 1 aliphatic carbocycles. The van der Waals surface area contributed by atoms with Crippen molar-refractivity contribution in [2.75, 3.05) is 13.1 Å². The van der Waals surface area contributed by atoms with Crippen molar-refractivity contribution in [1.29, 1.82) is 0 Å². The highest BCUT2D eigenvalue weighted by molar-refractivity contribution is 6.32. The lowest BCUT2D eigenvalue weighted by Gasteiger charge is -2.26. The average Bonchev–Trinajstić information content (AvgIpc) is 3.00. The molecular formula is C19H19ClN4O. The van der Waals surface area contributed by atoms with E-state index in [1.54, 1.807) is 10.7 Å². The van der Waals surface area contributed by atoms with Crippen LogP contribution in [0, 0.1) is 4.91 Å². The minimum atomic E-state index is 0.375. The first-order valence-corrected chi connectivity index (χ1v) is 8.91. The molecule has 0 amide bonds. The van der Waals surface area contributed by atoms with Crippen molar-refractivity contribution in [3.8, 4) is 5.69 Å². The Morgan fingerprint density at radius 3 is 2.88 bits per heavy atom. The SMILES string of the molecule is O=Nc1c2c(nn1-c1ccccc1Cl)CN(CC1=CCCC=C1)CC2. The van der Waals surface area contributed by atoms with Crippen molar-refractivity contribution < 1.29 is 0 Å². The average molecular weight is 355 g/mol. The largest absolute Gasteiger partial charge is 0.293 e. The smallest absolute Gasteiger partial charge is 0.203 e. The Hall–Kier alpha value is -2.24. The minimum absolute atomic E-state index is 0.375. The summed E-state index contributed by atoms with van der Waals surface area (Å²) in [4.78, 5) is 13.8. The molecule has 6 heteroatoms. The number of aromatic nitrogens is 2. The van der Waals surface area contributed by atoms with Crippen LogP contribution in [-0.2, 0) is 13.0 Å². The first-order chi connectivity index (χ1) is 12.3. The van der Waals surface area contributed by atoms with E-state index in [2.05, 4.69) is 33.4 Å². The van der Waals surface area contributed by atoms with Gasteiger partial charge >= 0.3 is 0 Å². The van der Waals surface area contributed by atoms with Crippen LogP contribution in [0.5, 0.6) is 0 Å². The Labute approximate surface area is 151 Å². The van der Waals surface area contributed by atoms with Gasteiger partial charge in [-0.05, 0) is 42.1 Å². The fourth-order valence-corrected chi connectivity index (χ4v) is 3.71. The summed E-state index contributed by atoms with van der Waals surface area (Å²) in [6.07, 6.45) is 9.76. The highest BCUT2D eigenvalue weighted by Crippen LogP contribution is 2.33. The molecule has 0 fully saturated rings. The fraction of sp³-hybridized carbons (Fsp3) is 0.316. The Morgan fingerprint density at radius 1 is 1.24 bits per heavy atom. The highest BCUT2D eigenvalue weighted by atomic mass is 35.5. The van der Waals surface area contributed by atoms with Gasteiger partial charge in [-0.25, -0.2) is 4.68 Å². The van der Waals surface area contributed by atoms with Gasteiger partial charge in [-0.2, -0.15) is 5.10 Å². The lowest BCUT2D eigenvalue weighted by molar-refractivity contribution is 0.273. The normalized spacial score (nSPS) is 17.2. The van der Waals surface area contributed by atoms with Gasteiger partial charge in [-0.15, -0.1) is 4.91 Å². The number of nitrogens with zero attached hydrogens (tertiary/aromatic N) is 4. The van der Waals surface area contributed by atoms with Crippen molar-refractivity contribution in [2.24, 2.45) is 5.18 Å². The molecule has 0 spiro atoms. The number of nitroso groups, excluding NO2 is 1. The summed E-state index contributed by atoms with van der Waals surface area (Å²) in [6.45, 7) is 2.54. The lowest BCUT2D eigenvalue weighted by atomic mass is 10.0. The predicted octanol–water partition coefficient (Wildman–Crippen LogP) is 4.56. The quantitative estimate of drug-likeness (QED) is 0.756. The van der Waals surface area contributed by atoms with Gasteiger partial charge in [0.15, 0.2) is 0 Å². The summed E-state index contributed by atoms with van der Waals surface area (Å²) in [6, 6.07) is 7.38. The van der Waals surface area contributed by atoms with E-state index >= 15 is 0 Å². The third-order valence-corrected chi connectivity index (χ3v) is 5.06. The summed E-state index contributed by atoms with van der Waals surface area (Å²) in [5, 5.41) is 8.47. The van der Waals surface area contributed by atoms with Crippen LogP contribution >= 0.6 is 11.6 Å². The molecule has 1 aromatic heterocycles. The van der Waals surface area contributed by atoms with Gasteiger partial charge in [0, 0.05) is 25.2 Å². The molecule has 5 nitrogen and oxygen atoms in total. The molecule has 25 heavy (non-hydrogen) atoms. The van der Waals surface area contributed by atoms with Crippen molar-refractivity contribution in [2.45, 2.75) is 25.8 Å². The standard InChI is InChI=1S/C19H19ClN4O/c20-16-8-4-5-9-18(16)24-19(22-25)15-10-11-23(13-17(15)21-24)12-14-6-2-1-3-7-14/h2,4-9H,1,3,10-13H2. The maximum atomic E-state index is 11.5. The first kappa shape index (κ1) is 16.2. The van der Waals surface area contributed by atoms with Crippen molar-refractivity contribution in [3.05, 3.63) is 69.3 Å². The van der Waals surface area contributed by atoms with Crippen molar-refractivity contribution >= 4 is 17.4 Å². The molecule has 2 aliphatic rings. The number of hydrogen-bond acceptors (Lipinski definition) is 4. The molecular weight excluding hydrogens is 336 g/mol. The number of para-hydroxylation sites is 1. The number of hydrogen-bond donors (Lipinski definition) is 0. The first-order valence-electron chi connectivity index (χ1n) is 8.53. The van der Waals surface area contributed by atoms with Gasteiger partial charge in [0.1, 0.15) is 0 Å². The molecule has 0 N–H and O–H groups in total. The second kappa shape index (κ2) is 6.94. The number of allylic oxidation sites excluding steroid dienone is 2. The van der Waals surface area contributed by atoms with E-state index in [0.29, 0.717) is 16.5 Å². The zero-order valence-corrected chi connectivity index (χ0v) is 14.6. The van der Waals surface area contributed by atoms with Gasteiger partial charge in [0.2, 0.25) is 5.82 Å².